The van der Waals surface area contributed by atoms with E-state index >= 15 is 0 Å². The number of nitrogens with zero attached hydrogens (tertiary/aromatic N) is 1. The molecule has 0 fully saturated rings. The van der Waals surface area contributed by atoms with Crippen LogP contribution in [0.25, 0.3) is 0 Å². The van der Waals surface area contributed by atoms with Crippen LogP contribution in [-0.4, -0.2) is 31.2 Å². The van der Waals surface area contributed by atoms with Crippen LogP contribution in [0.5, 0.6) is 0 Å². The maximum absolute atomic E-state index is 12.8. The second-order valence-corrected chi connectivity index (χ2v) is 4.66. The van der Waals surface area contributed by atoms with Crippen molar-refractivity contribution in [2.45, 2.75) is 6.54 Å². The van der Waals surface area contributed by atoms with E-state index in [-0.39, 0.29) is 11.7 Å². The molecule has 2 rings (SSSR count). The van der Waals surface area contributed by atoms with Gasteiger partial charge in [0.25, 0.3) is 5.91 Å². The zero-order valence-corrected chi connectivity index (χ0v) is 12.3. The minimum Gasteiger partial charge on any atom is -0.383 e. The van der Waals surface area contributed by atoms with Crippen molar-refractivity contribution >= 4 is 11.7 Å². The first-order valence-electron chi connectivity index (χ1n) is 6.90. The Morgan fingerprint density at radius 3 is 2.77 bits per heavy atom. The van der Waals surface area contributed by atoms with E-state index in [2.05, 4.69) is 15.6 Å². The van der Waals surface area contributed by atoms with Gasteiger partial charge in [0, 0.05) is 32.0 Å². The molecule has 1 aromatic heterocycles. The Hall–Kier alpha value is -2.47. The fourth-order valence-corrected chi connectivity index (χ4v) is 1.84. The number of halogens is 1. The highest BCUT2D eigenvalue weighted by Gasteiger charge is 2.06. The first-order chi connectivity index (χ1) is 10.7. The van der Waals surface area contributed by atoms with Crippen molar-refractivity contribution in [3.63, 3.8) is 0 Å². The molecule has 0 unspecified atom stereocenters. The molecule has 2 N–H and O–H groups in total. The van der Waals surface area contributed by atoms with Crippen molar-refractivity contribution in [1.82, 2.24) is 10.3 Å². The predicted molar refractivity (Wildman–Crippen MR) is 82.2 cm³/mol. The molecular formula is C16H18FN3O2. The van der Waals surface area contributed by atoms with Crippen LogP contribution in [0.1, 0.15) is 15.9 Å². The van der Waals surface area contributed by atoms with E-state index in [1.54, 1.807) is 37.6 Å². The van der Waals surface area contributed by atoms with Gasteiger partial charge in [-0.1, -0.05) is 12.1 Å². The van der Waals surface area contributed by atoms with Crippen LogP contribution in [0, 0.1) is 5.82 Å². The van der Waals surface area contributed by atoms with Crippen LogP contribution < -0.4 is 10.6 Å². The first kappa shape index (κ1) is 15.9. The van der Waals surface area contributed by atoms with E-state index in [1.807, 2.05) is 0 Å². The number of hydrogen-bond donors (Lipinski definition) is 2. The molecule has 1 aromatic carbocycles. The number of methoxy groups -OCH3 is 1. The van der Waals surface area contributed by atoms with Gasteiger partial charge >= 0.3 is 0 Å². The molecule has 0 saturated heterocycles. The summed E-state index contributed by atoms with van der Waals surface area (Å²) in [6.07, 6.45) is 1.57. The highest BCUT2D eigenvalue weighted by Crippen LogP contribution is 2.07. The number of benzene rings is 1. The summed E-state index contributed by atoms with van der Waals surface area (Å²) in [5.41, 5.74) is 1.35. The molecule has 0 aliphatic heterocycles. The van der Waals surface area contributed by atoms with E-state index in [9.17, 15) is 9.18 Å². The summed E-state index contributed by atoms with van der Waals surface area (Å²) in [6.45, 7) is 1.51. The number of carbonyl (C=O) groups is 1. The minimum absolute atomic E-state index is 0.207. The fourth-order valence-electron chi connectivity index (χ4n) is 1.84. The predicted octanol–water partition coefficient (Wildman–Crippen LogP) is 2.21. The average molecular weight is 303 g/mol. The highest BCUT2D eigenvalue weighted by molar-refractivity contribution is 5.94. The number of ether oxygens (including phenoxy) is 1. The standard InChI is InChI=1S/C16H18FN3O2/c1-22-9-8-19-15-10-13(6-7-18-15)16(21)20-11-12-2-4-14(17)5-3-12/h2-7,10H,8-9,11H2,1H3,(H,18,19)(H,20,21). The van der Waals surface area contributed by atoms with Gasteiger partial charge in [0.15, 0.2) is 0 Å². The Morgan fingerprint density at radius 2 is 2.05 bits per heavy atom. The van der Waals surface area contributed by atoms with E-state index < -0.39 is 0 Å². The van der Waals surface area contributed by atoms with Crippen molar-refractivity contribution in [3.05, 3.63) is 59.5 Å². The lowest BCUT2D eigenvalue weighted by molar-refractivity contribution is 0.0951. The molecule has 0 aliphatic rings. The normalized spacial score (nSPS) is 10.3. The van der Waals surface area contributed by atoms with Crippen molar-refractivity contribution in [2.24, 2.45) is 0 Å². The first-order valence-corrected chi connectivity index (χ1v) is 6.90. The lowest BCUT2D eigenvalue weighted by Crippen LogP contribution is -2.23. The van der Waals surface area contributed by atoms with Crippen LogP contribution in [0.15, 0.2) is 42.6 Å². The van der Waals surface area contributed by atoms with E-state index in [0.29, 0.717) is 31.1 Å². The summed E-state index contributed by atoms with van der Waals surface area (Å²) in [7, 11) is 1.62. The lowest BCUT2D eigenvalue weighted by Gasteiger charge is -2.08. The van der Waals surface area contributed by atoms with Gasteiger partial charge in [0.2, 0.25) is 0 Å². The number of amides is 1. The summed E-state index contributed by atoms with van der Waals surface area (Å²) in [6, 6.07) is 9.33. The van der Waals surface area contributed by atoms with Crippen molar-refractivity contribution < 1.29 is 13.9 Å². The molecular weight excluding hydrogens is 285 g/mol. The summed E-state index contributed by atoms with van der Waals surface area (Å²) in [5, 5.41) is 5.85. The second-order valence-electron chi connectivity index (χ2n) is 4.66. The summed E-state index contributed by atoms with van der Waals surface area (Å²) < 4.78 is 17.8. The fraction of sp³-hybridized carbons (Fsp3) is 0.250. The number of carbonyl (C=O) groups excluding carboxylic acids is 1. The van der Waals surface area contributed by atoms with Gasteiger partial charge in [0.05, 0.1) is 6.61 Å². The number of nitrogens with one attached hydrogen (secondary N) is 2. The molecule has 0 spiro atoms. The van der Waals surface area contributed by atoms with Crippen LogP contribution >= 0.6 is 0 Å². The molecule has 1 heterocycles. The molecule has 0 atom stereocenters. The molecule has 1 amide bonds. The summed E-state index contributed by atoms with van der Waals surface area (Å²) in [4.78, 5) is 16.2. The molecule has 2 aromatic rings. The van der Waals surface area contributed by atoms with E-state index in [4.69, 9.17) is 4.74 Å². The van der Waals surface area contributed by atoms with Gasteiger partial charge in [0.1, 0.15) is 11.6 Å². The third kappa shape index (κ3) is 4.82. The molecule has 116 valence electrons. The number of pyridine rings is 1. The molecule has 0 bridgehead atoms. The van der Waals surface area contributed by atoms with Gasteiger partial charge in [-0.25, -0.2) is 9.37 Å². The molecule has 0 saturated carbocycles. The minimum atomic E-state index is -0.295. The lowest BCUT2D eigenvalue weighted by atomic mass is 10.2. The Kier molecular flexibility index (Phi) is 5.85. The maximum Gasteiger partial charge on any atom is 0.251 e. The average Bonchev–Trinajstić information content (AvgIpc) is 2.54. The SMILES string of the molecule is COCCNc1cc(C(=O)NCc2ccc(F)cc2)ccn1. The van der Waals surface area contributed by atoms with Crippen LogP contribution in [0.3, 0.4) is 0 Å². The second kappa shape index (κ2) is 8.09. The number of aromatic nitrogens is 1. The zero-order chi connectivity index (χ0) is 15.8. The topological polar surface area (TPSA) is 63.2 Å². The maximum atomic E-state index is 12.8. The number of hydrogen-bond acceptors (Lipinski definition) is 4. The third-order valence-electron chi connectivity index (χ3n) is 3.00. The summed E-state index contributed by atoms with van der Waals surface area (Å²) in [5.74, 6) is 0.115. The van der Waals surface area contributed by atoms with Gasteiger partial charge in [-0.15, -0.1) is 0 Å². The monoisotopic (exact) mass is 303 g/mol. The molecule has 0 radical (unpaired) electrons. The Bertz CT molecular complexity index is 617. The van der Waals surface area contributed by atoms with Gasteiger partial charge in [-0.2, -0.15) is 0 Å². The number of anilines is 1. The molecule has 6 heteroatoms. The van der Waals surface area contributed by atoms with Crippen molar-refractivity contribution in [3.8, 4) is 0 Å². The third-order valence-corrected chi connectivity index (χ3v) is 3.00. The number of rotatable bonds is 7. The van der Waals surface area contributed by atoms with Crippen LogP contribution in [0.2, 0.25) is 0 Å². The van der Waals surface area contributed by atoms with Crippen molar-refractivity contribution in [1.29, 1.82) is 0 Å². The van der Waals surface area contributed by atoms with Gasteiger partial charge in [-0.05, 0) is 29.8 Å². The Morgan fingerprint density at radius 1 is 1.27 bits per heavy atom. The van der Waals surface area contributed by atoms with Gasteiger partial charge < -0.3 is 15.4 Å². The Balaban J connectivity index is 1.91. The molecule has 22 heavy (non-hydrogen) atoms. The highest BCUT2D eigenvalue weighted by atomic mass is 19.1. The van der Waals surface area contributed by atoms with Gasteiger partial charge in [-0.3, -0.25) is 4.79 Å². The van der Waals surface area contributed by atoms with Crippen molar-refractivity contribution in [2.75, 3.05) is 25.6 Å². The zero-order valence-electron chi connectivity index (χ0n) is 12.3. The largest absolute Gasteiger partial charge is 0.383 e. The van der Waals surface area contributed by atoms with E-state index in [1.165, 1.54) is 12.1 Å². The quantitative estimate of drug-likeness (QED) is 0.770. The smallest absolute Gasteiger partial charge is 0.251 e. The van der Waals surface area contributed by atoms with Crippen LogP contribution in [0.4, 0.5) is 10.2 Å². The van der Waals surface area contributed by atoms with E-state index in [0.717, 1.165) is 5.56 Å². The Labute approximate surface area is 128 Å². The molecule has 0 aliphatic carbocycles. The van der Waals surface area contributed by atoms with Crippen LogP contribution in [-0.2, 0) is 11.3 Å². The molecule has 5 nitrogen and oxygen atoms in total. The summed E-state index contributed by atoms with van der Waals surface area (Å²) >= 11 is 0.